The summed E-state index contributed by atoms with van der Waals surface area (Å²) in [5.41, 5.74) is 9.28. The van der Waals surface area contributed by atoms with E-state index >= 15 is 0 Å². The first-order valence-electron chi connectivity index (χ1n) is 7.15. The molecule has 2 aromatic rings. The summed E-state index contributed by atoms with van der Waals surface area (Å²) in [4.78, 5) is 0. The number of rotatable bonds is 0. The largest absolute Gasteiger partial charge is 0.0619 e. The zero-order valence-corrected chi connectivity index (χ0v) is 10.7. The highest BCUT2D eigenvalue weighted by Gasteiger charge is 2.20. The van der Waals surface area contributed by atoms with Gasteiger partial charge in [-0.15, -0.1) is 0 Å². The van der Waals surface area contributed by atoms with E-state index in [9.17, 15) is 0 Å². The minimum absolute atomic E-state index is 1.14. The molecule has 2 aromatic carbocycles. The second kappa shape index (κ2) is 3.98. The minimum Gasteiger partial charge on any atom is -0.0619 e. The van der Waals surface area contributed by atoms with Crippen LogP contribution in [-0.4, -0.2) is 0 Å². The Balaban J connectivity index is 1.89. The van der Waals surface area contributed by atoms with E-state index in [1.165, 1.54) is 48.8 Å². The van der Waals surface area contributed by atoms with Gasteiger partial charge in [0, 0.05) is 0 Å². The molecule has 0 N–H and O–H groups in total. The van der Waals surface area contributed by atoms with E-state index in [1.807, 2.05) is 0 Å². The molecule has 2 aliphatic rings. The molecular weight excluding hydrogens is 216 g/mol. The van der Waals surface area contributed by atoms with E-state index in [4.69, 9.17) is 0 Å². The van der Waals surface area contributed by atoms with Crippen LogP contribution in [0.3, 0.4) is 0 Å². The smallest absolute Gasteiger partial charge is 0.00134 e. The van der Waals surface area contributed by atoms with Gasteiger partial charge in [-0.25, -0.2) is 0 Å². The zero-order valence-electron chi connectivity index (χ0n) is 10.7. The number of fused-ring (bicyclic) bond motifs is 4. The highest BCUT2D eigenvalue weighted by atomic mass is 14.2. The van der Waals surface area contributed by atoms with E-state index in [2.05, 4.69) is 36.4 Å². The third-order valence-electron chi connectivity index (χ3n) is 4.51. The number of benzene rings is 2. The van der Waals surface area contributed by atoms with Gasteiger partial charge < -0.3 is 0 Å². The van der Waals surface area contributed by atoms with Crippen molar-refractivity contribution in [3.05, 3.63) is 58.7 Å². The Morgan fingerprint density at radius 1 is 0.611 bits per heavy atom. The summed E-state index contributed by atoms with van der Waals surface area (Å²) in [6.07, 6.45) is 7.85. The Hall–Kier alpha value is -1.56. The van der Waals surface area contributed by atoms with Crippen molar-refractivity contribution in [2.24, 2.45) is 0 Å². The van der Waals surface area contributed by atoms with E-state index in [-0.39, 0.29) is 0 Å². The normalized spacial score (nSPS) is 16.7. The van der Waals surface area contributed by atoms with E-state index < -0.39 is 0 Å². The Kier molecular flexibility index (Phi) is 2.29. The molecule has 0 heteroatoms. The molecule has 0 heterocycles. The van der Waals surface area contributed by atoms with Crippen LogP contribution in [0.15, 0.2) is 36.4 Å². The van der Waals surface area contributed by atoms with Crippen LogP contribution in [-0.2, 0) is 19.3 Å². The van der Waals surface area contributed by atoms with Gasteiger partial charge in [-0.1, -0.05) is 42.8 Å². The molecule has 0 unspecified atom stereocenters. The Morgan fingerprint density at radius 2 is 1.39 bits per heavy atom. The van der Waals surface area contributed by atoms with Gasteiger partial charge >= 0.3 is 0 Å². The Morgan fingerprint density at radius 3 is 2.28 bits per heavy atom. The highest BCUT2D eigenvalue weighted by molar-refractivity contribution is 5.77. The van der Waals surface area contributed by atoms with Crippen LogP contribution in [0.4, 0.5) is 0 Å². The van der Waals surface area contributed by atoms with Crippen molar-refractivity contribution in [2.45, 2.75) is 38.5 Å². The second-order valence-corrected chi connectivity index (χ2v) is 5.67. The third-order valence-corrected chi connectivity index (χ3v) is 4.51. The van der Waals surface area contributed by atoms with E-state index in [1.54, 1.807) is 16.7 Å². The topological polar surface area (TPSA) is 0 Å². The minimum atomic E-state index is 1.14. The number of aryl methyl sites for hydroxylation is 2. The maximum absolute atomic E-state index is 2.50. The lowest BCUT2D eigenvalue weighted by Crippen LogP contribution is -1.93. The van der Waals surface area contributed by atoms with Crippen LogP contribution in [0, 0.1) is 0 Å². The molecule has 18 heavy (non-hydrogen) atoms. The summed E-state index contributed by atoms with van der Waals surface area (Å²) in [7, 11) is 0. The lowest BCUT2D eigenvalue weighted by molar-refractivity contribution is 0.711. The fourth-order valence-electron chi connectivity index (χ4n) is 3.55. The first kappa shape index (κ1) is 10.4. The first-order chi connectivity index (χ1) is 8.92. The van der Waals surface area contributed by atoms with Crippen molar-refractivity contribution in [1.82, 2.24) is 0 Å². The maximum Gasteiger partial charge on any atom is -0.00134 e. The molecule has 0 amide bonds. The van der Waals surface area contributed by atoms with Crippen molar-refractivity contribution < 1.29 is 0 Å². The van der Waals surface area contributed by atoms with E-state index in [0.29, 0.717) is 0 Å². The summed E-state index contributed by atoms with van der Waals surface area (Å²) in [6, 6.07) is 13.9. The predicted octanol–water partition coefficient (Wildman–Crippen LogP) is 4.53. The average Bonchev–Trinajstić information content (AvgIpc) is 2.59. The summed E-state index contributed by atoms with van der Waals surface area (Å²) in [5.74, 6) is 0. The summed E-state index contributed by atoms with van der Waals surface area (Å²) in [5, 5.41) is 0. The molecule has 4 rings (SSSR count). The zero-order chi connectivity index (χ0) is 11.9. The van der Waals surface area contributed by atoms with Crippen LogP contribution in [0.25, 0.3) is 11.1 Å². The van der Waals surface area contributed by atoms with Gasteiger partial charge in [-0.05, 0) is 65.5 Å². The van der Waals surface area contributed by atoms with E-state index in [0.717, 1.165) is 6.42 Å². The van der Waals surface area contributed by atoms with Gasteiger partial charge in [0.25, 0.3) is 0 Å². The quantitative estimate of drug-likeness (QED) is 0.501. The van der Waals surface area contributed by atoms with Crippen molar-refractivity contribution in [3.8, 4) is 11.1 Å². The van der Waals surface area contributed by atoms with Gasteiger partial charge in [-0.2, -0.15) is 0 Å². The fraction of sp³-hybridized carbons (Fsp3) is 0.333. The summed E-state index contributed by atoms with van der Waals surface area (Å²) in [6.45, 7) is 0. The van der Waals surface area contributed by atoms with Gasteiger partial charge in [-0.3, -0.25) is 0 Å². The molecule has 0 radical (unpaired) electrons. The van der Waals surface area contributed by atoms with Crippen LogP contribution in [0.2, 0.25) is 0 Å². The molecule has 90 valence electrons. The van der Waals surface area contributed by atoms with Gasteiger partial charge in [0.05, 0.1) is 0 Å². The van der Waals surface area contributed by atoms with Crippen LogP contribution >= 0.6 is 0 Å². The van der Waals surface area contributed by atoms with Gasteiger partial charge in [0.15, 0.2) is 0 Å². The molecule has 0 bridgehead atoms. The lowest BCUT2D eigenvalue weighted by atomic mass is 9.95. The Labute approximate surface area is 109 Å². The molecule has 0 nitrogen and oxygen atoms in total. The lowest BCUT2D eigenvalue weighted by Gasteiger charge is -2.09. The number of hydrogen-bond acceptors (Lipinski definition) is 0. The molecule has 0 spiro atoms. The maximum atomic E-state index is 2.50. The third kappa shape index (κ3) is 1.52. The molecular formula is C18H18. The molecule has 2 aliphatic carbocycles. The van der Waals surface area contributed by atoms with Crippen molar-refractivity contribution >= 4 is 0 Å². The monoisotopic (exact) mass is 234 g/mol. The molecule has 0 aromatic heterocycles. The fourth-order valence-corrected chi connectivity index (χ4v) is 3.55. The van der Waals surface area contributed by atoms with Crippen molar-refractivity contribution in [2.75, 3.05) is 0 Å². The standard InChI is InChI=1S/C18H18/c1-2-6-13-10-16-11-15-8-4-5-9-17(15)18(16)12-14(13)7-3-1/h4-5,8-10,12H,1-3,6-7,11H2. The van der Waals surface area contributed by atoms with Crippen LogP contribution in [0.1, 0.15) is 41.5 Å². The Bertz CT molecular complexity index is 607. The predicted molar refractivity (Wildman–Crippen MR) is 75.9 cm³/mol. The molecule has 0 saturated heterocycles. The molecule has 0 aliphatic heterocycles. The molecule has 0 saturated carbocycles. The molecule has 0 fully saturated rings. The highest BCUT2D eigenvalue weighted by Crippen LogP contribution is 2.39. The SMILES string of the molecule is c1ccc2c(c1)Cc1cc3c(cc1-2)CCCCC3. The van der Waals surface area contributed by atoms with Gasteiger partial charge in [0.1, 0.15) is 0 Å². The summed E-state index contributed by atoms with van der Waals surface area (Å²) < 4.78 is 0. The van der Waals surface area contributed by atoms with Crippen molar-refractivity contribution in [1.29, 1.82) is 0 Å². The van der Waals surface area contributed by atoms with Crippen LogP contribution < -0.4 is 0 Å². The van der Waals surface area contributed by atoms with Gasteiger partial charge in [0.2, 0.25) is 0 Å². The van der Waals surface area contributed by atoms with Crippen molar-refractivity contribution in [3.63, 3.8) is 0 Å². The number of hydrogen-bond donors (Lipinski definition) is 0. The average molecular weight is 234 g/mol. The summed E-state index contributed by atoms with van der Waals surface area (Å²) >= 11 is 0. The van der Waals surface area contributed by atoms with Crippen LogP contribution in [0.5, 0.6) is 0 Å². The second-order valence-electron chi connectivity index (χ2n) is 5.67. The first-order valence-corrected chi connectivity index (χ1v) is 7.15. The molecule has 0 atom stereocenters.